The predicted octanol–water partition coefficient (Wildman–Crippen LogP) is 3.59. The van der Waals surface area contributed by atoms with Crippen LogP contribution in [-0.4, -0.2) is 0 Å². The van der Waals surface area contributed by atoms with Crippen LogP contribution in [0.4, 0.5) is 0 Å². The van der Waals surface area contributed by atoms with E-state index in [9.17, 15) is 0 Å². The zero-order valence-corrected chi connectivity index (χ0v) is 8.34. The van der Waals surface area contributed by atoms with E-state index in [1.54, 1.807) is 6.08 Å². The summed E-state index contributed by atoms with van der Waals surface area (Å²) in [5.74, 6) is 0. The molecule has 0 aromatic heterocycles. The lowest BCUT2D eigenvalue weighted by molar-refractivity contribution is 0.307. The van der Waals surface area contributed by atoms with Crippen molar-refractivity contribution < 1.29 is 0 Å². The van der Waals surface area contributed by atoms with Gasteiger partial charge >= 0.3 is 0 Å². The molecule has 70 valence electrons. The molecular formula is C12H17N. The molecule has 0 heterocycles. The average Bonchev–Trinajstić information content (AvgIpc) is 2.10. The van der Waals surface area contributed by atoms with Crippen molar-refractivity contribution >= 4 is 0 Å². The van der Waals surface area contributed by atoms with Crippen LogP contribution in [0.15, 0.2) is 24.3 Å². The molecule has 1 nitrogen and oxygen atoms in total. The third-order valence-corrected chi connectivity index (χ3v) is 3.03. The molecule has 1 aliphatic rings. The highest BCUT2D eigenvalue weighted by atomic mass is 14.3. The topological polar surface area (TPSA) is 23.8 Å². The summed E-state index contributed by atoms with van der Waals surface area (Å²) >= 11 is 0. The summed E-state index contributed by atoms with van der Waals surface area (Å²) in [6.07, 6.45) is 9.53. The lowest BCUT2D eigenvalue weighted by Crippen LogP contribution is -2.22. The van der Waals surface area contributed by atoms with E-state index in [1.807, 2.05) is 6.08 Å². The molecule has 1 fully saturated rings. The van der Waals surface area contributed by atoms with Crippen LogP contribution in [-0.2, 0) is 0 Å². The standard InChI is InChI=1S/C12H17N/c1-3-8-12(2)9-5-4-6-11(12)7-10-13/h3,7H,1,4-6,8-9H2,2H3/b11-7+. The molecule has 1 aliphatic carbocycles. The van der Waals surface area contributed by atoms with Gasteiger partial charge in [0.05, 0.1) is 6.07 Å². The fraction of sp³-hybridized carbons (Fsp3) is 0.583. The molecule has 13 heavy (non-hydrogen) atoms. The number of rotatable bonds is 2. The second kappa shape index (κ2) is 4.28. The lowest BCUT2D eigenvalue weighted by atomic mass is 9.69. The SMILES string of the molecule is C=CCC1(C)CCCC/C1=C\C#N. The van der Waals surface area contributed by atoms with Crippen molar-refractivity contribution in [3.05, 3.63) is 24.3 Å². The van der Waals surface area contributed by atoms with Gasteiger partial charge in [0.15, 0.2) is 0 Å². The Labute approximate surface area is 80.8 Å². The quantitative estimate of drug-likeness (QED) is 0.464. The van der Waals surface area contributed by atoms with E-state index in [0.29, 0.717) is 0 Å². The van der Waals surface area contributed by atoms with Crippen molar-refractivity contribution in [2.45, 2.75) is 39.0 Å². The fourth-order valence-corrected chi connectivity index (χ4v) is 2.17. The Morgan fingerprint density at radius 3 is 3.00 bits per heavy atom. The van der Waals surface area contributed by atoms with Gasteiger partial charge in [0.2, 0.25) is 0 Å². The maximum atomic E-state index is 8.67. The Balaban J connectivity index is 2.84. The van der Waals surface area contributed by atoms with Gasteiger partial charge in [-0.3, -0.25) is 0 Å². The molecule has 1 rings (SSSR count). The summed E-state index contributed by atoms with van der Waals surface area (Å²) in [5.41, 5.74) is 1.54. The second-order valence-electron chi connectivity index (χ2n) is 4.06. The molecule has 0 spiro atoms. The minimum absolute atomic E-state index is 0.218. The average molecular weight is 175 g/mol. The number of hydrogen-bond donors (Lipinski definition) is 0. The van der Waals surface area contributed by atoms with Crippen LogP contribution in [0.3, 0.4) is 0 Å². The van der Waals surface area contributed by atoms with Gasteiger partial charge in [0.1, 0.15) is 0 Å². The Kier molecular flexibility index (Phi) is 3.31. The maximum Gasteiger partial charge on any atom is 0.0911 e. The van der Waals surface area contributed by atoms with E-state index in [2.05, 4.69) is 19.6 Å². The van der Waals surface area contributed by atoms with Gasteiger partial charge in [-0.2, -0.15) is 5.26 Å². The smallest absolute Gasteiger partial charge is 0.0911 e. The third-order valence-electron chi connectivity index (χ3n) is 3.03. The highest BCUT2D eigenvalue weighted by Crippen LogP contribution is 2.43. The predicted molar refractivity (Wildman–Crippen MR) is 55.1 cm³/mol. The minimum Gasteiger partial charge on any atom is -0.193 e. The summed E-state index contributed by atoms with van der Waals surface area (Å²) in [6.45, 7) is 6.03. The number of allylic oxidation sites excluding steroid dienone is 3. The normalized spacial score (nSPS) is 31.2. The van der Waals surface area contributed by atoms with Crippen LogP contribution in [0.5, 0.6) is 0 Å². The van der Waals surface area contributed by atoms with E-state index in [0.717, 1.165) is 12.8 Å². The van der Waals surface area contributed by atoms with Gasteiger partial charge in [-0.15, -0.1) is 6.58 Å². The van der Waals surface area contributed by atoms with Crippen LogP contribution >= 0.6 is 0 Å². The summed E-state index contributed by atoms with van der Waals surface area (Å²) < 4.78 is 0. The van der Waals surface area contributed by atoms with Crippen LogP contribution in [0.25, 0.3) is 0 Å². The molecule has 0 amide bonds. The second-order valence-corrected chi connectivity index (χ2v) is 4.06. The Morgan fingerprint density at radius 1 is 1.62 bits per heavy atom. The van der Waals surface area contributed by atoms with E-state index >= 15 is 0 Å². The van der Waals surface area contributed by atoms with Crippen LogP contribution in [0.1, 0.15) is 39.0 Å². The first-order valence-electron chi connectivity index (χ1n) is 4.93. The molecular weight excluding hydrogens is 158 g/mol. The van der Waals surface area contributed by atoms with Gasteiger partial charge < -0.3 is 0 Å². The van der Waals surface area contributed by atoms with Crippen LogP contribution in [0, 0.1) is 16.7 Å². The zero-order valence-electron chi connectivity index (χ0n) is 8.34. The van der Waals surface area contributed by atoms with E-state index in [4.69, 9.17) is 5.26 Å². The van der Waals surface area contributed by atoms with E-state index < -0.39 is 0 Å². The minimum atomic E-state index is 0.218. The third kappa shape index (κ3) is 2.21. The van der Waals surface area contributed by atoms with Gasteiger partial charge in [-0.1, -0.05) is 25.0 Å². The van der Waals surface area contributed by atoms with Crippen molar-refractivity contribution in [3.63, 3.8) is 0 Å². The Hall–Kier alpha value is -1.03. The Morgan fingerprint density at radius 2 is 2.38 bits per heavy atom. The van der Waals surface area contributed by atoms with Crippen molar-refractivity contribution in [3.8, 4) is 6.07 Å². The maximum absolute atomic E-state index is 8.67. The molecule has 0 N–H and O–H groups in total. The summed E-state index contributed by atoms with van der Waals surface area (Å²) in [7, 11) is 0. The molecule has 0 aliphatic heterocycles. The first kappa shape index (κ1) is 10.1. The number of nitriles is 1. The van der Waals surface area contributed by atoms with Crippen molar-refractivity contribution in [2.24, 2.45) is 5.41 Å². The summed E-state index contributed by atoms with van der Waals surface area (Å²) in [4.78, 5) is 0. The summed E-state index contributed by atoms with van der Waals surface area (Å²) in [6, 6.07) is 2.15. The van der Waals surface area contributed by atoms with Crippen molar-refractivity contribution in [1.29, 1.82) is 5.26 Å². The number of hydrogen-bond acceptors (Lipinski definition) is 1. The first-order valence-corrected chi connectivity index (χ1v) is 4.93. The molecule has 1 saturated carbocycles. The summed E-state index contributed by atoms with van der Waals surface area (Å²) in [5, 5.41) is 8.67. The first-order chi connectivity index (χ1) is 6.23. The highest BCUT2D eigenvalue weighted by molar-refractivity contribution is 5.23. The molecule has 0 aromatic carbocycles. The molecule has 0 saturated heterocycles. The molecule has 1 unspecified atom stereocenters. The molecule has 1 heteroatoms. The van der Waals surface area contributed by atoms with Crippen molar-refractivity contribution in [2.75, 3.05) is 0 Å². The fourth-order valence-electron chi connectivity index (χ4n) is 2.17. The molecule has 0 aromatic rings. The lowest BCUT2D eigenvalue weighted by Gasteiger charge is -2.35. The van der Waals surface area contributed by atoms with Crippen molar-refractivity contribution in [1.82, 2.24) is 0 Å². The monoisotopic (exact) mass is 175 g/mol. The Bertz CT molecular complexity index is 257. The molecule has 0 radical (unpaired) electrons. The van der Waals surface area contributed by atoms with E-state index in [1.165, 1.54) is 24.8 Å². The van der Waals surface area contributed by atoms with Gasteiger partial charge in [-0.25, -0.2) is 0 Å². The highest BCUT2D eigenvalue weighted by Gasteiger charge is 2.29. The van der Waals surface area contributed by atoms with Gasteiger partial charge in [-0.05, 0) is 31.1 Å². The van der Waals surface area contributed by atoms with Gasteiger partial charge in [0, 0.05) is 6.08 Å². The molecule has 0 bridgehead atoms. The number of nitrogens with zero attached hydrogens (tertiary/aromatic N) is 1. The molecule has 1 atom stereocenters. The van der Waals surface area contributed by atoms with Gasteiger partial charge in [0.25, 0.3) is 0 Å². The van der Waals surface area contributed by atoms with E-state index in [-0.39, 0.29) is 5.41 Å². The zero-order chi connectivity index (χ0) is 9.73. The van der Waals surface area contributed by atoms with Crippen LogP contribution in [0.2, 0.25) is 0 Å². The largest absolute Gasteiger partial charge is 0.193 e. The van der Waals surface area contributed by atoms with Crippen LogP contribution < -0.4 is 0 Å².